The number of aromatic amines is 1. The first-order valence-corrected chi connectivity index (χ1v) is 12.0. The van der Waals surface area contributed by atoms with Crippen molar-refractivity contribution < 1.29 is 9.59 Å². The van der Waals surface area contributed by atoms with E-state index in [4.69, 9.17) is 0 Å². The van der Waals surface area contributed by atoms with Gasteiger partial charge in [-0.2, -0.15) is 0 Å². The van der Waals surface area contributed by atoms with Gasteiger partial charge in [0.2, 0.25) is 0 Å². The minimum Gasteiger partial charge on any atom is -0.361 e. The van der Waals surface area contributed by atoms with Crippen LogP contribution in [0, 0.1) is 6.92 Å². The molecular weight excluding hydrogens is 448 g/mol. The Morgan fingerprint density at radius 3 is 2.58 bits per heavy atom. The van der Waals surface area contributed by atoms with Crippen LogP contribution < -0.4 is 10.6 Å². The Hall–Kier alpha value is -4.58. The highest BCUT2D eigenvalue weighted by molar-refractivity contribution is 6.06. The van der Waals surface area contributed by atoms with Gasteiger partial charge in [0.25, 0.3) is 11.8 Å². The van der Waals surface area contributed by atoms with E-state index in [1.54, 1.807) is 30.3 Å². The van der Waals surface area contributed by atoms with Gasteiger partial charge in [-0.1, -0.05) is 48.0 Å². The first-order valence-electron chi connectivity index (χ1n) is 12.0. The Bertz CT molecular complexity index is 1590. The summed E-state index contributed by atoms with van der Waals surface area (Å²) in [6.45, 7) is 2.51. The van der Waals surface area contributed by atoms with Crippen LogP contribution >= 0.6 is 0 Å². The molecule has 3 aromatic carbocycles. The number of aromatic nitrogens is 2. The normalized spacial score (nSPS) is 11.7. The van der Waals surface area contributed by atoms with Crippen molar-refractivity contribution in [1.29, 1.82) is 0 Å². The number of benzene rings is 3. The highest BCUT2D eigenvalue weighted by Gasteiger charge is 2.16. The zero-order valence-corrected chi connectivity index (χ0v) is 20.3. The number of fused-ring (bicyclic) bond motifs is 2. The molecule has 0 aliphatic rings. The number of nitrogens with one attached hydrogen (secondary N) is 3. The van der Waals surface area contributed by atoms with E-state index in [0.29, 0.717) is 18.5 Å². The molecule has 2 aromatic heterocycles. The average molecular weight is 477 g/mol. The fourth-order valence-electron chi connectivity index (χ4n) is 4.49. The Balaban J connectivity index is 1.39. The molecule has 0 saturated heterocycles. The molecule has 5 aromatic rings. The fourth-order valence-corrected chi connectivity index (χ4v) is 4.49. The summed E-state index contributed by atoms with van der Waals surface area (Å²) in [4.78, 5) is 29.5. The van der Waals surface area contributed by atoms with Crippen LogP contribution in [0.5, 0.6) is 0 Å². The molecule has 0 unspecified atom stereocenters. The van der Waals surface area contributed by atoms with E-state index in [0.717, 1.165) is 32.9 Å². The molecule has 6 nitrogen and oxygen atoms in total. The number of hydrogen-bond acceptors (Lipinski definition) is 2. The molecule has 0 aliphatic carbocycles. The Kier molecular flexibility index (Phi) is 6.41. The van der Waals surface area contributed by atoms with Crippen LogP contribution in [-0.4, -0.2) is 27.9 Å². The van der Waals surface area contributed by atoms with Crippen molar-refractivity contribution in [3.05, 3.63) is 113 Å². The number of carbonyl (C=O) groups excluding carboxylic acids is 2. The van der Waals surface area contributed by atoms with E-state index in [1.165, 1.54) is 5.56 Å². The van der Waals surface area contributed by atoms with Gasteiger partial charge in [-0.15, -0.1) is 0 Å². The van der Waals surface area contributed by atoms with Gasteiger partial charge in [-0.25, -0.2) is 0 Å². The lowest BCUT2D eigenvalue weighted by Gasteiger charge is -2.11. The average Bonchev–Trinajstić information content (AvgIpc) is 3.44. The summed E-state index contributed by atoms with van der Waals surface area (Å²) in [5.41, 5.74) is 6.01. The number of hydrogen-bond donors (Lipinski definition) is 3. The number of rotatable bonds is 7. The topological polar surface area (TPSA) is 78.9 Å². The van der Waals surface area contributed by atoms with Crippen LogP contribution in [0.4, 0.5) is 0 Å². The summed E-state index contributed by atoms with van der Waals surface area (Å²) < 4.78 is 2.01. The largest absolute Gasteiger partial charge is 0.361 e. The minimum atomic E-state index is -0.330. The van der Waals surface area contributed by atoms with E-state index in [9.17, 15) is 9.59 Å². The van der Waals surface area contributed by atoms with Gasteiger partial charge in [-0.3, -0.25) is 9.59 Å². The number of nitrogens with zero attached hydrogens (tertiary/aromatic N) is 1. The van der Waals surface area contributed by atoms with Crippen molar-refractivity contribution in [2.45, 2.75) is 13.3 Å². The molecule has 2 amide bonds. The van der Waals surface area contributed by atoms with Crippen molar-refractivity contribution in [2.24, 2.45) is 7.05 Å². The maximum absolute atomic E-state index is 13.3. The van der Waals surface area contributed by atoms with Crippen molar-refractivity contribution in [2.75, 3.05) is 6.54 Å². The molecule has 5 rings (SSSR count). The second-order valence-corrected chi connectivity index (χ2v) is 8.96. The van der Waals surface area contributed by atoms with Crippen LogP contribution in [-0.2, 0) is 18.3 Å². The second kappa shape index (κ2) is 9.96. The van der Waals surface area contributed by atoms with Crippen LogP contribution in [0.2, 0.25) is 0 Å². The molecule has 180 valence electrons. The third-order valence-electron chi connectivity index (χ3n) is 6.36. The number of aryl methyl sites for hydroxylation is 2. The summed E-state index contributed by atoms with van der Waals surface area (Å²) >= 11 is 0. The predicted molar refractivity (Wildman–Crippen MR) is 145 cm³/mol. The number of H-pyrrole nitrogens is 1. The van der Waals surface area contributed by atoms with Crippen molar-refractivity contribution in [3.63, 3.8) is 0 Å². The van der Waals surface area contributed by atoms with Crippen molar-refractivity contribution in [3.8, 4) is 0 Å². The van der Waals surface area contributed by atoms with E-state index < -0.39 is 0 Å². The molecule has 0 spiro atoms. The third-order valence-corrected chi connectivity index (χ3v) is 6.36. The molecular formula is C30H28N4O2. The fraction of sp³-hybridized carbons (Fsp3) is 0.133. The molecule has 6 heteroatoms. The third kappa shape index (κ3) is 4.79. The lowest BCUT2D eigenvalue weighted by Crippen LogP contribution is -2.35. The summed E-state index contributed by atoms with van der Waals surface area (Å²) in [7, 11) is 1.96. The van der Waals surface area contributed by atoms with E-state index in [1.807, 2.05) is 54.3 Å². The van der Waals surface area contributed by atoms with Gasteiger partial charge in [0.05, 0.1) is 0 Å². The highest BCUT2D eigenvalue weighted by atomic mass is 16.2. The monoisotopic (exact) mass is 476 g/mol. The lowest BCUT2D eigenvalue weighted by molar-refractivity contribution is -0.117. The Morgan fingerprint density at radius 1 is 0.972 bits per heavy atom. The van der Waals surface area contributed by atoms with Gasteiger partial charge in [0.15, 0.2) is 0 Å². The van der Waals surface area contributed by atoms with Crippen LogP contribution in [0.1, 0.15) is 27.0 Å². The molecule has 2 heterocycles. The summed E-state index contributed by atoms with van der Waals surface area (Å²) in [5.74, 6) is -0.660. The zero-order valence-electron chi connectivity index (χ0n) is 20.3. The van der Waals surface area contributed by atoms with Gasteiger partial charge in [0, 0.05) is 58.9 Å². The van der Waals surface area contributed by atoms with Crippen molar-refractivity contribution in [1.82, 2.24) is 20.2 Å². The Labute approximate surface area is 209 Å². The summed E-state index contributed by atoms with van der Waals surface area (Å²) in [6.07, 6.45) is 6.36. The maximum Gasteiger partial charge on any atom is 0.267 e. The van der Waals surface area contributed by atoms with Crippen LogP contribution in [0.3, 0.4) is 0 Å². The molecule has 0 radical (unpaired) electrons. The van der Waals surface area contributed by atoms with Crippen molar-refractivity contribution >= 4 is 39.7 Å². The number of carbonyl (C=O) groups is 2. The first kappa shape index (κ1) is 23.2. The summed E-state index contributed by atoms with van der Waals surface area (Å²) in [5, 5.41) is 7.99. The van der Waals surface area contributed by atoms with Gasteiger partial charge in [0.1, 0.15) is 5.70 Å². The predicted octanol–water partition coefficient (Wildman–Crippen LogP) is 5.10. The van der Waals surface area contributed by atoms with Gasteiger partial charge < -0.3 is 20.2 Å². The molecule has 0 saturated carbocycles. The second-order valence-electron chi connectivity index (χ2n) is 8.96. The van der Waals surface area contributed by atoms with Gasteiger partial charge in [-0.05, 0) is 55.3 Å². The quantitative estimate of drug-likeness (QED) is 0.286. The number of para-hydroxylation sites is 1. The van der Waals surface area contributed by atoms with E-state index in [-0.39, 0.29) is 17.5 Å². The Morgan fingerprint density at radius 2 is 1.75 bits per heavy atom. The summed E-state index contributed by atoms with van der Waals surface area (Å²) in [6, 6.07) is 23.2. The molecule has 36 heavy (non-hydrogen) atoms. The van der Waals surface area contributed by atoms with Gasteiger partial charge >= 0.3 is 0 Å². The SMILES string of the molecule is Cc1ccc2[nH]cc(CCNC(=O)C(=Cc3cn(C)c4ccccc34)NC(=O)c3ccccc3)c2c1. The maximum atomic E-state index is 13.3. The standard InChI is InChI=1S/C30H28N4O2/c1-20-12-13-26-25(16-20)22(18-32-26)14-15-31-30(36)27(33-29(35)21-8-4-3-5-9-21)17-23-19-34(2)28-11-7-6-10-24(23)28/h3-13,16-19,32H,14-15H2,1-2H3,(H,31,36)(H,33,35). The van der Waals surface area contributed by atoms with Crippen LogP contribution in [0.15, 0.2) is 90.9 Å². The number of amides is 2. The lowest BCUT2D eigenvalue weighted by atomic mass is 10.1. The molecule has 0 bridgehead atoms. The molecule has 3 N–H and O–H groups in total. The van der Waals surface area contributed by atoms with Crippen LogP contribution in [0.25, 0.3) is 27.9 Å². The molecule has 0 atom stereocenters. The smallest absolute Gasteiger partial charge is 0.267 e. The minimum absolute atomic E-state index is 0.204. The van der Waals surface area contributed by atoms with E-state index in [2.05, 4.69) is 40.7 Å². The molecule has 0 fully saturated rings. The first-order chi connectivity index (χ1) is 17.5. The zero-order chi connectivity index (χ0) is 25.1. The van der Waals surface area contributed by atoms with E-state index >= 15 is 0 Å². The molecule has 0 aliphatic heterocycles. The highest BCUT2D eigenvalue weighted by Crippen LogP contribution is 2.23.